The van der Waals surface area contributed by atoms with Crippen molar-refractivity contribution in [1.29, 1.82) is 0 Å². The lowest BCUT2D eigenvalue weighted by Gasteiger charge is -2.49. The van der Waals surface area contributed by atoms with Gasteiger partial charge in [-0.15, -0.1) is 0 Å². The Bertz CT molecular complexity index is 1160. The van der Waals surface area contributed by atoms with E-state index in [0.717, 1.165) is 5.02 Å². The van der Waals surface area contributed by atoms with Crippen molar-refractivity contribution in [3.8, 4) is 0 Å². The molecule has 0 radical (unpaired) electrons. The van der Waals surface area contributed by atoms with Crippen LogP contribution < -0.4 is 0 Å². The SMILES string of the molecule is CC1(C)c2ccccc2C2(c3cc(Cl)ccc3C3C=CC=CC32)c2ccccc21. The third kappa shape index (κ3) is 2.01. The van der Waals surface area contributed by atoms with Crippen LogP contribution in [-0.2, 0) is 10.8 Å². The maximum absolute atomic E-state index is 6.60. The van der Waals surface area contributed by atoms with E-state index >= 15 is 0 Å². The van der Waals surface area contributed by atoms with Crippen molar-refractivity contribution in [2.24, 2.45) is 5.92 Å². The first kappa shape index (κ1) is 17.3. The molecule has 1 spiro atoms. The number of allylic oxidation sites excluding steroid dienone is 4. The molecule has 0 bridgehead atoms. The minimum absolute atomic E-state index is 0.0382. The van der Waals surface area contributed by atoms with Gasteiger partial charge in [-0.25, -0.2) is 0 Å². The van der Waals surface area contributed by atoms with Gasteiger partial charge >= 0.3 is 0 Å². The average molecular weight is 395 g/mol. The maximum atomic E-state index is 6.60. The summed E-state index contributed by atoms with van der Waals surface area (Å²) in [5.74, 6) is 0.717. The highest BCUT2D eigenvalue weighted by atomic mass is 35.5. The molecule has 0 nitrogen and oxygen atoms in total. The molecule has 3 aliphatic carbocycles. The Labute approximate surface area is 177 Å². The van der Waals surface area contributed by atoms with Gasteiger partial charge in [0.2, 0.25) is 0 Å². The molecule has 0 aromatic heterocycles. The lowest BCUT2D eigenvalue weighted by atomic mass is 9.53. The molecule has 0 amide bonds. The minimum atomic E-state index is -0.213. The van der Waals surface area contributed by atoms with Gasteiger partial charge in [0, 0.05) is 22.3 Å². The van der Waals surface area contributed by atoms with Gasteiger partial charge in [-0.1, -0.05) is 104 Å². The molecule has 6 rings (SSSR count). The third-order valence-electron chi connectivity index (χ3n) is 7.48. The third-order valence-corrected chi connectivity index (χ3v) is 7.72. The van der Waals surface area contributed by atoms with Gasteiger partial charge in [-0.05, 0) is 45.5 Å². The Kier molecular flexibility index (Phi) is 3.42. The van der Waals surface area contributed by atoms with Gasteiger partial charge in [0.1, 0.15) is 0 Å². The smallest absolute Gasteiger partial charge is 0.0532 e. The topological polar surface area (TPSA) is 0 Å². The fourth-order valence-corrected chi connectivity index (χ4v) is 6.51. The number of hydrogen-bond acceptors (Lipinski definition) is 0. The van der Waals surface area contributed by atoms with Gasteiger partial charge in [0.05, 0.1) is 5.41 Å². The molecule has 29 heavy (non-hydrogen) atoms. The van der Waals surface area contributed by atoms with Crippen molar-refractivity contribution in [2.75, 3.05) is 0 Å². The quantitative estimate of drug-likeness (QED) is 0.379. The van der Waals surface area contributed by atoms with E-state index in [2.05, 4.69) is 98.8 Å². The van der Waals surface area contributed by atoms with Gasteiger partial charge < -0.3 is 0 Å². The second-order valence-corrected chi connectivity index (χ2v) is 9.51. The Morgan fingerprint density at radius 3 is 1.93 bits per heavy atom. The number of halogens is 1. The average Bonchev–Trinajstić information content (AvgIpc) is 3.03. The van der Waals surface area contributed by atoms with Crippen molar-refractivity contribution in [3.63, 3.8) is 0 Å². The zero-order valence-electron chi connectivity index (χ0n) is 16.7. The molecule has 0 saturated carbocycles. The maximum Gasteiger partial charge on any atom is 0.0532 e. The highest BCUT2D eigenvalue weighted by Gasteiger charge is 2.57. The van der Waals surface area contributed by atoms with Crippen LogP contribution in [0.4, 0.5) is 0 Å². The second kappa shape index (κ2) is 5.74. The van der Waals surface area contributed by atoms with Crippen LogP contribution in [0.2, 0.25) is 5.02 Å². The second-order valence-electron chi connectivity index (χ2n) is 9.08. The molecule has 2 atom stereocenters. The van der Waals surface area contributed by atoms with E-state index < -0.39 is 0 Å². The van der Waals surface area contributed by atoms with E-state index in [0.29, 0.717) is 11.8 Å². The van der Waals surface area contributed by atoms with E-state index in [-0.39, 0.29) is 10.8 Å². The molecule has 2 unspecified atom stereocenters. The summed E-state index contributed by atoms with van der Waals surface area (Å²) in [6.07, 6.45) is 9.21. The number of hydrogen-bond donors (Lipinski definition) is 0. The van der Waals surface area contributed by atoms with Crippen molar-refractivity contribution >= 4 is 11.6 Å². The molecule has 3 aromatic carbocycles. The van der Waals surface area contributed by atoms with Gasteiger partial charge in [-0.2, -0.15) is 0 Å². The van der Waals surface area contributed by atoms with Crippen LogP contribution in [-0.4, -0.2) is 0 Å². The van der Waals surface area contributed by atoms with Crippen LogP contribution in [0.5, 0.6) is 0 Å². The Morgan fingerprint density at radius 1 is 0.690 bits per heavy atom. The molecule has 1 heteroatoms. The van der Waals surface area contributed by atoms with Crippen molar-refractivity contribution in [2.45, 2.75) is 30.6 Å². The lowest BCUT2D eigenvalue weighted by molar-refractivity contribution is 0.420. The first-order valence-electron chi connectivity index (χ1n) is 10.4. The largest absolute Gasteiger partial charge is 0.0843 e. The van der Waals surface area contributed by atoms with Crippen LogP contribution in [0.1, 0.15) is 53.1 Å². The molecular weight excluding hydrogens is 372 g/mol. The summed E-state index contributed by atoms with van der Waals surface area (Å²) in [6.45, 7) is 4.72. The summed E-state index contributed by atoms with van der Waals surface area (Å²) in [5.41, 5.74) is 8.23. The predicted molar refractivity (Wildman–Crippen MR) is 121 cm³/mol. The number of fused-ring (bicyclic) bond motifs is 9. The predicted octanol–water partition coefficient (Wildman–Crippen LogP) is 7.15. The molecular formula is C28H23Cl. The van der Waals surface area contributed by atoms with Crippen LogP contribution >= 0.6 is 11.6 Å². The first-order chi connectivity index (χ1) is 14.1. The number of rotatable bonds is 0. The molecule has 3 aliphatic rings. The lowest BCUT2D eigenvalue weighted by Crippen LogP contribution is -2.44. The minimum Gasteiger partial charge on any atom is -0.0843 e. The Hall–Kier alpha value is -2.57. The number of benzene rings is 3. The van der Waals surface area contributed by atoms with E-state index in [1.54, 1.807) is 0 Å². The summed E-state index contributed by atoms with van der Waals surface area (Å²) >= 11 is 6.60. The standard InChI is InChI=1S/C28H23Cl/c1-27(2)22-11-5-7-13-24(22)28(25-14-8-6-12-23(25)27)21-10-4-3-9-19(21)20-16-15-18(29)17-26(20)28/h3-17,19,21H,1-2H3. The van der Waals surface area contributed by atoms with Crippen LogP contribution in [0, 0.1) is 5.92 Å². The summed E-state index contributed by atoms with van der Waals surface area (Å²) < 4.78 is 0. The van der Waals surface area contributed by atoms with E-state index in [9.17, 15) is 0 Å². The van der Waals surface area contributed by atoms with Crippen LogP contribution in [0.25, 0.3) is 0 Å². The summed E-state index contributed by atoms with van der Waals surface area (Å²) in [6, 6.07) is 24.6. The van der Waals surface area contributed by atoms with Crippen molar-refractivity contribution in [3.05, 3.63) is 129 Å². The molecule has 0 aliphatic heterocycles. The normalized spacial score (nSPS) is 24.0. The van der Waals surface area contributed by atoms with Crippen LogP contribution in [0.15, 0.2) is 91.0 Å². The molecule has 0 N–H and O–H groups in total. The molecule has 142 valence electrons. The molecule has 0 saturated heterocycles. The molecule has 0 heterocycles. The van der Waals surface area contributed by atoms with Crippen LogP contribution in [0.3, 0.4) is 0 Å². The fraction of sp³-hybridized carbons (Fsp3) is 0.214. The fourth-order valence-electron chi connectivity index (χ4n) is 6.34. The zero-order chi connectivity index (χ0) is 19.8. The zero-order valence-corrected chi connectivity index (χ0v) is 17.4. The Balaban J connectivity index is 1.83. The first-order valence-corrected chi connectivity index (χ1v) is 10.8. The highest BCUT2D eigenvalue weighted by molar-refractivity contribution is 6.30. The summed E-state index contributed by atoms with van der Waals surface area (Å²) in [7, 11) is 0. The van der Waals surface area contributed by atoms with E-state index in [4.69, 9.17) is 11.6 Å². The Morgan fingerprint density at radius 2 is 1.28 bits per heavy atom. The van der Waals surface area contributed by atoms with E-state index in [1.165, 1.54) is 33.4 Å². The summed E-state index contributed by atoms with van der Waals surface area (Å²) in [4.78, 5) is 0. The van der Waals surface area contributed by atoms with Gasteiger partial charge in [0.15, 0.2) is 0 Å². The monoisotopic (exact) mass is 394 g/mol. The summed E-state index contributed by atoms with van der Waals surface area (Å²) in [5, 5.41) is 0.814. The molecule has 0 fully saturated rings. The van der Waals surface area contributed by atoms with Gasteiger partial charge in [0.25, 0.3) is 0 Å². The van der Waals surface area contributed by atoms with Gasteiger partial charge in [-0.3, -0.25) is 0 Å². The highest BCUT2D eigenvalue weighted by Crippen LogP contribution is 2.64. The van der Waals surface area contributed by atoms with E-state index in [1.807, 2.05) is 6.07 Å². The van der Waals surface area contributed by atoms with Crippen molar-refractivity contribution < 1.29 is 0 Å². The van der Waals surface area contributed by atoms with Crippen molar-refractivity contribution in [1.82, 2.24) is 0 Å². The molecule has 3 aromatic rings.